The Morgan fingerprint density at radius 1 is 0.975 bits per heavy atom. The smallest absolute Gasteiger partial charge is 0.264 e. The van der Waals surface area contributed by atoms with Gasteiger partial charge in [0.05, 0.1) is 27.5 Å². The van der Waals surface area contributed by atoms with Crippen molar-refractivity contribution in [2.75, 3.05) is 10.8 Å². The van der Waals surface area contributed by atoms with Crippen molar-refractivity contribution >= 4 is 51.0 Å². The quantitative estimate of drug-likeness (QED) is 0.182. The maximum atomic E-state index is 13.7. The van der Waals surface area contributed by atoms with E-state index in [1.54, 1.807) is 48.5 Å². The predicted molar refractivity (Wildman–Crippen MR) is 163 cm³/mol. The summed E-state index contributed by atoms with van der Waals surface area (Å²) < 4.78 is 30.5. The van der Waals surface area contributed by atoms with E-state index in [9.17, 15) is 13.2 Å². The topological polar surface area (TPSA) is 83.8 Å². The van der Waals surface area contributed by atoms with Crippen molar-refractivity contribution in [1.29, 1.82) is 0 Å². The van der Waals surface area contributed by atoms with Crippen LogP contribution < -0.4 is 9.73 Å². The Labute approximate surface area is 245 Å². The summed E-state index contributed by atoms with van der Waals surface area (Å²) in [6, 6.07) is 19.1. The van der Waals surface area contributed by atoms with Gasteiger partial charge in [-0.05, 0) is 88.2 Å². The molecule has 0 aliphatic carbocycles. The van der Waals surface area contributed by atoms with Crippen molar-refractivity contribution in [2.24, 2.45) is 5.10 Å². The van der Waals surface area contributed by atoms with Gasteiger partial charge in [-0.3, -0.25) is 9.10 Å². The molecule has 3 aromatic carbocycles. The highest BCUT2D eigenvalue weighted by Crippen LogP contribution is 2.30. The van der Waals surface area contributed by atoms with Crippen molar-refractivity contribution < 1.29 is 13.2 Å². The first-order chi connectivity index (χ1) is 18.9. The van der Waals surface area contributed by atoms with Crippen molar-refractivity contribution in [3.8, 4) is 5.69 Å². The summed E-state index contributed by atoms with van der Waals surface area (Å²) in [6.45, 7) is 9.01. The van der Waals surface area contributed by atoms with Gasteiger partial charge in [-0.2, -0.15) is 5.10 Å². The van der Waals surface area contributed by atoms with Crippen LogP contribution in [0.1, 0.15) is 33.6 Å². The van der Waals surface area contributed by atoms with Crippen molar-refractivity contribution in [3.05, 3.63) is 110 Å². The molecule has 0 radical (unpaired) electrons. The summed E-state index contributed by atoms with van der Waals surface area (Å²) in [5.41, 5.74) is 8.85. The molecule has 1 N–H and O–H groups in total. The molecule has 1 heterocycles. The van der Waals surface area contributed by atoms with Gasteiger partial charge in [-0.15, -0.1) is 0 Å². The molecule has 1 amide bonds. The van der Waals surface area contributed by atoms with E-state index in [4.69, 9.17) is 23.2 Å². The van der Waals surface area contributed by atoms with E-state index in [2.05, 4.69) is 10.5 Å². The van der Waals surface area contributed by atoms with Crippen molar-refractivity contribution in [2.45, 2.75) is 39.5 Å². The minimum atomic E-state index is -4.03. The van der Waals surface area contributed by atoms with Crippen LogP contribution in [0.5, 0.6) is 0 Å². The van der Waals surface area contributed by atoms with Crippen LogP contribution in [0.2, 0.25) is 10.0 Å². The highest BCUT2D eigenvalue weighted by atomic mass is 35.5. The minimum absolute atomic E-state index is 0.101. The molecule has 0 spiro atoms. The number of hydrazone groups is 1. The van der Waals surface area contributed by atoms with Gasteiger partial charge >= 0.3 is 0 Å². The number of carbonyl (C=O) groups is 1. The Kier molecular flexibility index (Phi) is 8.73. The second-order valence-electron chi connectivity index (χ2n) is 9.59. The van der Waals surface area contributed by atoms with Crippen LogP contribution in [0.4, 0.5) is 5.69 Å². The molecule has 0 unspecified atom stereocenters. The highest BCUT2D eigenvalue weighted by Gasteiger charge is 2.28. The number of aryl methyl sites for hydroxylation is 3. The van der Waals surface area contributed by atoms with Gasteiger partial charge in [0.15, 0.2) is 0 Å². The van der Waals surface area contributed by atoms with Crippen molar-refractivity contribution in [3.63, 3.8) is 0 Å². The lowest BCUT2D eigenvalue weighted by Crippen LogP contribution is -2.40. The second kappa shape index (κ2) is 11.9. The summed E-state index contributed by atoms with van der Waals surface area (Å²) in [5, 5.41) is 5.18. The number of halogens is 2. The first-order valence-corrected chi connectivity index (χ1v) is 14.7. The third-order valence-electron chi connectivity index (χ3n) is 6.75. The first kappa shape index (κ1) is 29.4. The standard InChI is InChI=1S/C30H30Cl2N4O3S/c1-19-9-12-26(13-10-19)40(38,39)35(28-8-6-7-20(2)22(28)4)18-30(37)34-33-17-24-15-21(3)36(23(24)5)29-14-11-25(31)16-27(29)32/h6-17H,18H2,1-5H3,(H,34,37)/b33-17-. The molecule has 0 aliphatic rings. The Morgan fingerprint density at radius 2 is 1.68 bits per heavy atom. The zero-order chi connectivity index (χ0) is 29.2. The zero-order valence-electron chi connectivity index (χ0n) is 22.9. The fraction of sp³-hybridized carbons (Fsp3) is 0.200. The fourth-order valence-electron chi connectivity index (χ4n) is 4.43. The lowest BCUT2D eigenvalue weighted by molar-refractivity contribution is -0.119. The summed E-state index contributed by atoms with van der Waals surface area (Å²) >= 11 is 12.5. The molecular formula is C30H30Cl2N4O3S. The van der Waals surface area contributed by atoms with E-state index in [-0.39, 0.29) is 4.90 Å². The molecule has 0 saturated carbocycles. The molecule has 7 nitrogen and oxygen atoms in total. The summed E-state index contributed by atoms with van der Waals surface area (Å²) in [7, 11) is -4.03. The second-order valence-corrected chi connectivity index (χ2v) is 12.3. The van der Waals surface area contributed by atoms with Gasteiger partial charge < -0.3 is 4.57 Å². The van der Waals surface area contributed by atoms with Gasteiger partial charge in [0.2, 0.25) is 0 Å². The Hall–Kier alpha value is -3.59. The average molecular weight is 598 g/mol. The Bertz CT molecular complexity index is 1710. The average Bonchev–Trinajstić information content (AvgIpc) is 3.17. The lowest BCUT2D eigenvalue weighted by atomic mass is 10.1. The molecule has 1 aromatic heterocycles. The summed E-state index contributed by atoms with van der Waals surface area (Å²) in [4.78, 5) is 13.1. The largest absolute Gasteiger partial charge is 0.316 e. The van der Waals surface area contributed by atoms with E-state index in [1.807, 2.05) is 57.4 Å². The zero-order valence-corrected chi connectivity index (χ0v) is 25.2. The Balaban J connectivity index is 1.59. The van der Waals surface area contributed by atoms with Crippen LogP contribution in [0, 0.1) is 34.6 Å². The number of carbonyl (C=O) groups excluding carboxylic acids is 1. The van der Waals surface area contributed by atoms with Crippen LogP contribution in [0.3, 0.4) is 0 Å². The molecule has 0 fully saturated rings. The van der Waals surface area contributed by atoms with Gasteiger partial charge in [0.25, 0.3) is 15.9 Å². The molecule has 10 heteroatoms. The van der Waals surface area contributed by atoms with Gasteiger partial charge in [-0.25, -0.2) is 13.8 Å². The molecule has 4 rings (SSSR count). The SMILES string of the molecule is Cc1ccc(S(=O)(=O)N(CC(=O)N/N=C\c2cc(C)n(-c3ccc(Cl)cc3Cl)c2C)c2cccc(C)c2C)cc1. The molecule has 0 atom stereocenters. The van der Waals surface area contributed by atoms with E-state index in [0.717, 1.165) is 43.6 Å². The van der Waals surface area contributed by atoms with Crippen LogP contribution in [-0.4, -0.2) is 31.7 Å². The van der Waals surface area contributed by atoms with Gasteiger partial charge in [0, 0.05) is 22.0 Å². The number of hydrogen-bond acceptors (Lipinski definition) is 4. The lowest BCUT2D eigenvalue weighted by Gasteiger charge is -2.26. The monoisotopic (exact) mass is 596 g/mol. The van der Waals surface area contributed by atoms with Crippen LogP contribution in [0.25, 0.3) is 5.69 Å². The predicted octanol–water partition coefficient (Wildman–Crippen LogP) is 6.67. The van der Waals surface area contributed by atoms with E-state index < -0.39 is 22.5 Å². The molecule has 208 valence electrons. The molecule has 4 aromatic rings. The number of nitrogens with one attached hydrogen (secondary N) is 1. The molecule has 0 bridgehead atoms. The normalized spacial score (nSPS) is 11.7. The summed E-state index contributed by atoms with van der Waals surface area (Å²) in [5.74, 6) is -0.581. The number of rotatable bonds is 8. The third-order valence-corrected chi connectivity index (χ3v) is 9.07. The van der Waals surface area contributed by atoms with Gasteiger partial charge in [0.1, 0.15) is 6.54 Å². The minimum Gasteiger partial charge on any atom is -0.316 e. The van der Waals surface area contributed by atoms with E-state index in [0.29, 0.717) is 15.7 Å². The van der Waals surface area contributed by atoms with Crippen LogP contribution >= 0.6 is 23.2 Å². The first-order valence-electron chi connectivity index (χ1n) is 12.5. The number of nitrogens with zero attached hydrogens (tertiary/aromatic N) is 3. The maximum absolute atomic E-state index is 13.7. The molecule has 0 aliphatic heterocycles. The number of hydrogen-bond donors (Lipinski definition) is 1. The Morgan fingerprint density at radius 3 is 2.35 bits per heavy atom. The van der Waals surface area contributed by atoms with E-state index in [1.165, 1.54) is 6.21 Å². The number of anilines is 1. The highest BCUT2D eigenvalue weighted by molar-refractivity contribution is 7.92. The maximum Gasteiger partial charge on any atom is 0.264 e. The van der Waals surface area contributed by atoms with E-state index >= 15 is 0 Å². The number of aromatic nitrogens is 1. The molecule has 40 heavy (non-hydrogen) atoms. The fourth-order valence-corrected chi connectivity index (χ4v) is 6.41. The summed E-state index contributed by atoms with van der Waals surface area (Å²) in [6.07, 6.45) is 1.53. The number of amides is 1. The molecule has 0 saturated heterocycles. The number of benzene rings is 3. The van der Waals surface area contributed by atoms with Crippen LogP contribution in [-0.2, 0) is 14.8 Å². The third kappa shape index (κ3) is 6.09. The van der Waals surface area contributed by atoms with Gasteiger partial charge in [-0.1, -0.05) is 53.0 Å². The van der Waals surface area contributed by atoms with Crippen molar-refractivity contribution in [1.82, 2.24) is 9.99 Å². The number of sulfonamides is 1. The van der Waals surface area contributed by atoms with Crippen LogP contribution in [0.15, 0.2) is 76.7 Å². The molecular weight excluding hydrogens is 567 g/mol.